The molecule has 0 fully saturated rings. The first kappa shape index (κ1) is 24.0. The Morgan fingerprint density at radius 2 is 1.80 bits per heavy atom. The van der Waals surface area contributed by atoms with Crippen LogP contribution in [0.25, 0.3) is 5.65 Å². The van der Waals surface area contributed by atoms with Gasteiger partial charge in [0.1, 0.15) is 18.0 Å². The van der Waals surface area contributed by atoms with Crippen LogP contribution in [-0.2, 0) is 21.4 Å². The highest BCUT2D eigenvalue weighted by atomic mass is 32.2. The number of carbonyl (C=O) groups excluding carboxylic acids is 1. The van der Waals surface area contributed by atoms with Crippen molar-refractivity contribution in [2.45, 2.75) is 25.3 Å². The third-order valence-electron chi connectivity index (χ3n) is 5.06. The molecule has 0 bridgehead atoms. The number of carbonyl (C=O) groups is 1. The van der Waals surface area contributed by atoms with Gasteiger partial charge in [-0.3, -0.25) is 13.9 Å². The third-order valence-corrected chi connectivity index (χ3v) is 6.44. The maximum absolute atomic E-state index is 12.9. The van der Waals surface area contributed by atoms with Gasteiger partial charge < -0.3 is 9.47 Å². The van der Waals surface area contributed by atoms with Crippen LogP contribution in [0.15, 0.2) is 82.6 Å². The van der Waals surface area contributed by atoms with E-state index in [-0.39, 0.29) is 34.0 Å². The molecule has 9 nitrogen and oxygen atoms in total. The Balaban J connectivity index is 1.52. The van der Waals surface area contributed by atoms with E-state index < -0.39 is 16.0 Å². The number of hydrogen-bond acceptors (Lipinski definition) is 7. The summed E-state index contributed by atoms with van der Waals surface area (Å²) in [6, 6.07) is 16.9. The Bertz CT molecular complexity index is 1550. The molecule has 0 radical (unpaired) electrons. The molecular formula is C25H23N3O6S. The maximum atomic E-state index is 12.9. The normalized spacial score (nSPS) is 11.3. The first-order valence-electron chi connectivity index (χ1n) is 10.8. The standard InChI is InChI=1S/C25H23N3O6S/c1-3-33-19-8-10-20(11-9-19)35(31,32)27-22-7-5-4-6-21(22)25(30)34-16-18-15-24(29)28-13-12-17(2)14-23(28)26-18/h4-15,27H,3,16H2,1-2H3. The Morgan fingerprint density at radius 3 is 2.54 bits per heavy atom. The number of anilines is 1. The number of para-hydroxylation sites is 1. The monoisotopic (exact) mass is 493 g/mol. The zero-order valence-electron chi connectivity index (χ0n) is 19.1. The molecule has 0 saturated carbocycles. The summed E-state index contributed by atoms with van der Waals surface area (Å²) in [5.74, 6) is -0.214. The minimum Gasteiger partial charge on any atom is -0.494 e. The Morgan fingerprint density at radius 1 is 1.06 bits per heavy atom. The molecule has 2 aromatic carbocycles. The van der Waals surface area contributed by atoms with Gasteiger partial charge in [-0.25, -0.2) is 18.2 Å². The molecular weight excluding hydrogens is 470 g/mol. The molecule has 180 valence electrons. The SMILES string of the molecule is CCOc1ccc(S(=O)(=O)Nc2ccccc2C(=O)OCc2cc(=O)n3ccc(C)cc3n2)cc1. The van der Waals surface area contributed by atoms with Crippen molar-refractivity contribution in [1.29, 1.82) is 0 Å². The van der Waals surface area contributed by atoms with E-state index in [1.54, 1.807) is 42.6 Å². The molecule has 35 heavy (non-hydrogen) atoms. The van der Waals surface area contributed by atoms with E-state index in [4.69, 9.17) is 9.47 Å². The van der Waals surface area contributed by atoms with Gasteiger partial charge in [-0.05, 0) is 67.9 Å². The van der Waals surface area contributed by atoms with Crippen LogP contribution in [0.3, 0.4) is 0 Å². The number of pyridine rings is 1. The van der Waals surface area contributed by atoms with Gasteiger partial charge in [0.2, 0.25) is 0 Å². The summed E-state index contributed by atoms with van der Waals surface area (Å²) in [6.07, 6.45) is 1.63. The fourth-order valence-corrected chi connectivity index (χ4v) is 4.46. The number of ether oxygens (including phenoxy) is 2. The number of sulfonamides is 1. The summed E-state index contributed by atoms with van der Waals surface area (Å²) in [7, 11) is -3.97. The Kier molecular flexibility index (Phi) is 6.83. The molecule has 1 N–H and O–H groups in total. The van der Waals surface area contributed by atoms with Crippen LogP contribution in [0, 0.1) is 6.92 Å². The quantitative estimate of drug-likeness (QED) is 0.373. The van der Waals surface area contributed by atoms with E-state index in [9.17, 15) is 18.0 Å². The van der Waals surface area contributed by atoms with Crippen molar-refractivity contribution in [3.05, 3.63) is 100 Å². The lowest BCUT2D eigenvalue weighted by Gasteiger charge is -2.13. The fourth-order valence-electron chi connectivity index (χ4n) is 3.38. The second-order valence-electron chi connectivity index (χ2n) is 7.65. The fraction of sp³-hybridized carbons (Fsp3) is 0.160. The van der Waals surface area contributed by atoms with Gasteiger partial charge in [-0.2, -0.15) is 0 Å². The van der Waals surface area contributed by atoms with Crippen LogP contribution in [0.5, 0.6) is 5.75 Å². The van der Waals surface area contributed by atoms with Gasteiger partial charge in [0.15, 0.2) is 0 Å². The highest BCUT2D eigenvalue weighted by Crippen LogP contribution is 2.23. The molecule has 0 aliphatic heterocycles. The minimum atomic E-state index is -3.97. The van der Waals surface area contributed by atoms with E-state index in [1.165, 1.54) is 34.7 Å². The summed E-state index contributed by atoms with van der Waals surface area (Å²) in [6.45, 7) is 3.92. The van der Waals surface area contributed by atoms with Crippen LogP contribution in [0.2, 0.25) is 0 Å². The van der Waals surface area contributed by atoms with Gasteiger partial charge in [-0.1, -0.05) is 12.1 Å². The molecule has 0 spiro atoms. The number of fused-ring (bicyclic) bond motifs is 1. The van der Waals surface area contributed by atoms with Crippen molar-refractivity contribution >= 4 is 27.3 Å². The topological polar surface area (TPSA) is 116 Å². The summed E-state index contributed by atoms with van der Waals surface area (Å²) < 4.78 is 40.2. The average Bonchev–Trinajstić information content (AvgIpc) is 2.83. The molecule has 0 aliphatic rings. The molecule has 2 heterocycles. The zero-order valence-corrected chi connectivity index (χ0v) is 19.9. The lowest BCUT2D eigenvalue weighted by atomic mass is 10.2. The second kappa shape index (κ2) is 9.98. The van der Waals surface area contributed by atoms with Gasteiger partial charge in [0.05, 0.1) is 28.4 Å². The molecule has 4 aromatic rings. The molecule has 0 saturated heterocycles. The van der Waals surface area contributed by atoms with Crippen LogP contribution in [0.4, 0.5) is 5.69 Å². The molecule has 10 heteroatoms. The third kappa shape index (κ3) is 5.49. The molecule has 0 atom stereocenters. The van der Waals surface area contributed by atoms with Crippen molar-refractivity contribution in [3.63, 3.8) is 0 Å². The van der Waals surface area contributed by atoms with E-state index in [1.807, 2.05) is 13.8 Å². The molecule has 0 aliphatic carbocycles. The Hall–Kier alpha value is -4.18. The summed E-state index contributed by atoms with van der Waals surface area (Å²) in [4.78, 5) is 29.5. The average molecular weight is 494 g/mol. The van der Waals surface area contributed by atoms with Crippen LogP contribution in [-0.4, -0.2) is 30.4 Å². The maximum Gasteiger partial charge on any atom is 0.340 e. The zero-order chi connectivity index (χ0) is 25.0. The number of aromatic nitrogens is 2. The summed E-state index contributed by atoms with van der Waals surface area (Å²) in [5.41, 5.74) is 1.43. The lowest BCUT2D eigenvalue weighted by Crippen LogP contribution is -2.18. The highest BCUT2D eigenvalue weighted by Gasteiger charge is 2.20. The first-order chi connectivity index (χ1) is 16.8. The van der Waals surface area contributed by atoms with Crippen LogP contribution < -0.4 is 15.0 Å². The van der Waals surface area contributed by atoms with Crippen molar-refractivity contribution < 1.29 is 22.7 Å². The summed E-state index contributed by atoms with van der Waals surface area (Å²) >= 11 is 0. The first-order valence-corrected chi connectivity index (χ1v) is 12.3. The van der Waals surface area contributed by atoms with E-state index >= 15 is 0 Å². The molecule has 0 amide bonds. The minimum absolute atomic E-state index is 0.0141. The van der Waals surface area contributed by atoms with Crippen molar-refractivity contribution in [2.24, 2.45) is 0 Å². The smallest absolute Gasteiger partial charge is 0.340 e. The van der Waals surface area contributed by atoms with Crippen molar-refractivity contribution in [2.75, 3.05) is 11.3 Å². The van der Waals surface area contributed by atoms with Crippen molar-refractivity contribution in [1.82, 2.24) is 9.38 Å². The van der Waals surface area contributed by atoms with Gasteiger partial charge in [-0.15, -0.1) is 0 Å². The van der Waals surface area contributed by atoms with E-state index in [2.05, 4.69) is 9.71 Å². The van der Waals surface area contributed by atoms with Crippen molar-refractivity contribution in [3.8, 4) is 5.75 Å². The predicted molar refractivity (Wildman–Crippen MR) is 130 cm³/mol. The second-order valence-corrected chi connectivity index (χ2v) is 9.33. The lowest BCUT2D eigenvalue weighted by molar-refractivity contribution is 0.0469. The van der Waals surface area contributed by atoms with E-state index in [0.29, 0.717) is 18.0 Å². The Labute approximate surface area is 202 Å². The molecule has 0 unspecified atom stereocenters. The number of nitrogens with one attached hydrogen (secondary N) is 1. The predicted octanol–water partition coefficient (Wildman–Crippen LogP) is 3.56. The van der Waals surface area contributed by atoms with Gasteiger partial charge in [0, 0.05) is 12.3 Å². The van der Waals surface area contributed by atoms with Crippen LogP contribution in [0.1, 0.15) is 28.5 Å². The number of hydrogen-bond donors (Lipinski definition) is 1. The number of rotatable bonds is 8. The summed E-state index contributed by atoms with van der Waals surface area (Å²) in [5, 5.41) is 0. The van der Waals surface area contributed by atoms with Crippen LogP contribution >= 0.6 is 0 Å². The highest BCUT2D eigenvalue weighted by molar-refractivity contribution is 7.92. The van der Waals surface area contributed by atoms with E-state index in [0.717, 1.165) is 5.56 Å². The molecule has 2 aromatic heterocycles. The van der Waals surface area contributed by atoms with Gasteiger partial charge in [0.25, 0.3) is 15.6 Å². The number of benzene rings is 2. The van der Waals surface area contributed by atoms with Gasteiger partial charge >= 0.3 is 5.97 Å². The number of aryl methyl sites for hydroxylation is 1. The number of esters is 1. The largest absolute Gasteiger partial charge is 0.494 e. The number of nitrogens with zero attached hydrogens (tertiary/aromatic N) is 2. The molecule has 4 rings (SSSR count).